The molecule has 0 saturated heterocycles. The van der Waals surface area contributed by atoms with Crippen molar-refractivity contribution in [2.24, 2.45) is 0 Å². The first kappa shape index (κ1) is 16.4. The number of nitrogens with zero attached hydrogens (tertiary/aromatic N) is 1. The number of carbonyl (C=O) groups excluding carboxylic acids is 1. The zero-order valence-electron chi connectivity index (χ0n) is 14.2. The van der Waals surface area contributed by atoms with Gasteiger partial charge in [0.2, 0.25) is 5.76 Å². The molecule has 1 aromatic carbocycles. The summed E-state index contributed by atoms with van der Waals surface area (Å²) in [6, 6.07) is 5.54. The van der Waals surface area contributed by atoms with Gasteiger partial charge in [0.05, 0.1) is 24.9 Å². The summed E-state index contributed by atoms with van der Waals surface area (Å²) in [5.74, 6) is 2.04. The second-order valence-corrected chi connectivity index (χ2v) is 5.83. The predicted octanol–water partition coefficient (Wildman–Crippen LogP) is 3.20. The fraction of sp³-hybridized carbons (Fsp3) is 0.444. The van der Waals surface area contributed by atoms with Gasteiger partial charge in [-0.25, -0.2) is 4.98 Å². The van der Waals surface area contributed by atoms with Crippen LogP contribution in [0.5, 0.6) is 11.5 Å². The topological polar surface area (TPSA) is 73.6 Å². The summed E-state index contributed by atoms with van der Waals surface area (Å²) < 4.78 is 16.8. The van der Waals surface area contributed by atoms with Gasteiger partial charge in [-0.1, -0.05) is 13.0 Å². The van der Waals surface area contributed by atoms with Crippen molar-refractivity contribution in [1.29, 1.82) is 0 Å². The third-order valence-electron chi connectivity index (χ3n) is 3.97. The van der Waals surface area contributed by atoms with Crippen molar-refractivity contribution in [3.8, 4) is 11.5 Å². The highest BCUT2D eigenvalue weighted by Gasteiger charge is 2.20. The molecule has 0 fully saturated rings. The Morgan fingerprint density at radius 2 is 2.04 bits per heavy atom. The minimum atomic E-state index is -0.265. The summed E-state index contributed by atoms with van der Waals surface area (Å²) in [5, 5.41) is 2.94. The quantitative estimate of drug-likeness (QED) is 0.932. The molecule has 1 N–H and O–H groups in total. The number of nitrogens with one attached hydrogen (secondary N) is 1. The average molecular weight is 330 g/mol. The first-order valence-corrected chi connectivity index (χ1v) is 8.25. The monoisotopic (exact) mass is 330 g/mol. The molecule has 0 bridgehead atoms. The third-order valence-corrected chi connectivity index (χ3v) is 3.97. The van der Waals surface area contributed by atoms with Crippen molar-refractivity contribution in [3.05, 3.63) is 41.1 Å². The first-order valence-electron chi connectivity index (χ1n) is 8.25. The highest BCUT2D eigenvalue weighted by molar-refractivity contribution is 5.92. The number of ether oxygens (including phenoxy) is 2. The van der Waals surface area contributed by atoms with E-state index in [0.717, 1.165) is 23.5 Å². The second kappa shape index (κ2) is 6.95. The Kier molecular flexibility index (Phi) is 4.74. The second-order valence-electron chi connectivity index (χ2n) is 5.83. The van der Waals surface area contributed by atoms with Gasteiger partial charge in [-0.05, 0) is 31.5 Å². The number of hydrogen-bond acceptors (Lipinski definition) is 5. The molecule has 0 unspecified atom stereocenters. The van der Waals surface area contributed by atoms with Crippen molar-refractivity contribution in [2.45, 2.75) is 39.7 Å². The van der Waals surface area contributed by atoms with E-state index in [2.05, 4.69) is 10.3 Å². The first-order chi connectivity index (χ1) is 11.6. The van der Waals surface area contributed by atoms with Crippen LogP contribution in [0.1, 0.15) is 54.0 Å². The van der Waals surface area contributed by atoms with Crippen molar-refractivity contribution >= 4 is 5.91 Å². The molecule has 3 rings (SSSR count). The maximum absolute atomic E-state index is 12.4. The molecule has 0 radical (unpaired) electrons. The van der Waals surface area contributed by atoms with Crippen LogP contribution >= 0.6 is 0 Å². The smallest absolute Gasteiger partial charge is 0.289 e. The number of aryl methyl sites for hydroxylation is 2. The lowest BCUT2D eigenvalue weighted by Crippen LogP contribution is -2.26. The van der Waals surface area contributed by atoms with E-state index in [4.69, 9.17) is 13.9 Å². The molecular weight excluding hydrogens is 308 g/mol. The molecule has 6 heteroatoms. The zero-order valence-corrected chi connectivity index (χ0v) is 14.2. The van der Waals surface area contributed by atoms with Crippen molar-refractivity contribution in [1.82, 2.24) is 10.3 Å². The lowest BCUT2D eigenvalue weighted by molar-refractivity contribution is 0.0909. The SMILES string of the molecule is CCc1nc(C)c(C(=O)N[C@H](C)c2ccc3c(c2)OCCCO3)o1. The lowest BCUT2D eigenvalue weighted by Gasteiger charge is -2.16. The molecular formula is C18H22N2O4. The summed E-state index contributed by atoms with van der Waals surface area (Å²) in [6.45, 7) is 6.92. The minimum absolute atomic E-state index is 0.191. The fourth-order valence-corrected chi connectivity index (χ4v) is 2.61. The van der Waals surface area contributed by atoms with Crippen LogP contribution in [-0.4, -0.2) is 24.1 Å². The Morgan fingerprint density at radius 3 is 2.75 bits per heavy atom. The van der Waals surface area contributed by atoms with Crippen LogP contribution in [0.15, 0.2) is 22.6 Å². The molecule has 0 saturated carbocycles. The van der Waals surface area contributed by atoms with Gasteiger partial charge in [0, 0.05) is 12.8 Å². The van der Waals surface area contributed by atoms with Gasteiger partial charge >= 0.3 is 0 Å². The standard InChI is InChI=1S/C18H22N2O4/c1-4-16-19-12(3)17(24-16)18(21)20-11(2)13-6-7-14-15(10-13)23-9-5-8-22-14/h6-7,10-11H,4-5,8-9H2,1-3H3,(H,20,21)/t11-/m1/s1. The van der Waals surface area contributed by atoms with Gasteiger partial charge in [0.15, 0.2) is 17.4 Å². The van der Waals surface area contributed by atoms with Crippen LogP contribution in [0.3, 0.4) is 0 Å². The number of carbonyl (C=O) groups is 1. The third kappa shape index (κ3) is 3.37. The van der Waals surface area contributed by atoms with Crippen LogP contribution in [0.25, 0.3) is 0 Å². The predicted molar refractivity (Wildman–Crippen MR) is 88.5 cm³/mol. The summed E-state index contributed by atoms with van der Waals surface area (Å²) in [7, 11) is 0. The number of aromatic nitrogens is 1. The Hall–Kier alpha value is -2.50. The van der Waals surface area contributed by atoms with Gasteiger partial charge < -0.3 is 19.2 Å². The zero-order chi connectivity index (χ0) is 17.1. The maximum atomic E-state index is 12.4. The Morgan fingerprint density at radius 1 is 1.29 bits per heavy atom. The minimum Gasteiger partial charge on any atom is -0.490 e. The maximum Gasteiger partial charge on any atom is 0.289 e. The molecule has 0 spiro atoms. The summed E-state index contributed by atoms with van der Waals surface area (Å²) in [5.41, 5.74) is 1.55. The van der Waals surface area contributed by atoms with E-state index in [1.807, 2.05) is 32.0 Å². The lowest BCUT2D eigenvalue weighted by atomic mass is 10.1. The number of rotatable bonds is 4. The van der Waals surface area contributed by atoms with Gasteiger partial charge in [0.25, 0.3) is 5.91 Å². The van der Waals surface area contributed by atoms with Crippen LogP contribution in [0, 0.1) is 6.92 Å². The summed E-state index contributed by atoms with van der Waals surface area (Å²) in [6.07, 6.45) is 1.52. The van der Waals surface area contributed by atoms with Gasteiger partial charge in [0.1, 0.15) is 0 Å². The molecule has 1 aliphatic heterocycles. The summed E-state index contributed by atoms with van der Waals surface area (Å²) >= 11 is 0. The Balaban J connectivity index is 1.74. The van der Waals surface area contributed by atoms with E-state index in [0.29, 0.717) is 31.2 Å². The fourth-order valence-electron chi connectivity index (χ4n) is 2.61. The molecule has 2 aromatic rings. The normalized spacial score (nSPS) is 14.8. The molecule has 0 aliphatic carbocycles. The number of fused-ring (bicyclic) bond motifs is 1. The van der Waals surface area contributed by atoms with Crippen LogP contribution in [0.2, 0.25) is 0 Å². The Labute approximate surface area is 141 Å². The number of benzene rings is 1. The van der Waals surface area contributed by atoms with Crippen molar-refractivity contribution < 1.29 is 18.7 Å². The van der Waals surface area contributed by atoms with E-state index in [9.17, 15) is 4.79 Å². The van der Waals surface area contributed by atoms with Crippen LogP contribution in [-0.2, 0) is 6.42 Å². The average Bonchev–Trinajstić information content (AvgIpc) is 2.80. The largest absolute Gasteiger partial charge is 0.490 e. The molecule has 6 nitrogen and oxygen atoms in total. The molecule has 1 atom stereocenters. The molecule has 1 aliphatic rings. The highest BCUT2D eigenvalue weighted by Crippen LogP contribution is 2.32. The van der Waals surface area contributed by atoms with Gasteiger partial charge in [-0.15, -0.1) is 0 Å². The van der Waals surface area contributed by atoms with E-state index in [1.165, 1.54) is 0 Å². The molecule has 128 valence electrons. The van der Waals surface area contributed by atoms with E-state index >= 15 is 0 Å². The van der Waals surface area contributed by atoms with Crippen molar-refractivity contribution in [2.75, 3.05) is 13.2 Å². The molecule has 1 aromatic heterocycles. The molecule has 1 amide bonds. The van der Waals surface area contributed by atoms with E-state index < -0.39 is 0 Å². The molecule has 2 heterocycles. The van der Waals surface area contributed by atoms with Crippen LogP contribution < -0.4 is 14.8 Å². The van der Waals surface area contributed by atoms with Crippen LogP contribution in [0.4, 0.5) is 0 Å². The number of amides is 1. The number of hydrogen-bond donors (Lipinski definition) is 1. The van der Waals surface area contributed by atoms with Gasteiger partial charge in [-0.3, -0.25) is 4.79 Å². The van der Waals surface area contributed by atoms with Crippen molar-refractivity contribution in [3.63, 3.8) is 0 Å². The van der Waals surface area contributed by atoms with E-state index in [1.54, 1.807) is 6.92 Å². The van der Waals surface area contributed by atoms with Gasteiger partial charge in [-0.2, -0.15) is 0 Å². The number of oxazole rings is 1. The molecule has 24 heavy (non-hydrogen) atoms. The summed E-state index contributed by atoms with van der Waals surface area (Å²) in [4.78, 5) is 16.7. The van der Waals surface area contributed by atoms with E-state index in [-0.39, 0.29) is 17.7 Å². The highest BCUT2D eigenvalue weighted by atomic mass is 16.5. The Bertz CT molecular complexity index is 739.